The van der Waals surface area contributed by atoms with E-state index < -0.39 is 0 Å². The topological polar surface area (TPSA) is 69.7 Å². The molecule has 1 aliphatic heterocycles. The van der Waals surface area contributed by atoms with E-state index in [-0.39, 0.29) is 11.7 Å². The van der Waals surface area contributed by atoms with E-state index in [4.69, 9.17) is 14.2 Å². The fourth-order valence-electron chi connectivity index (χ4n) is 2.97. The number of aromatic nitrogens is 1. The van der Waals surface area contributed by atoms with Gasteiger partial charge in [0.25, 0.3) is 0 Å². The number of benzene rings is 1. The van der Waals surface area contributed by atoms with Crippen molar-refractivity contribution >= 4 is 11.5 Å². The van der Waals surface area contributed by atoms with E-state index in [0.29, 0.717) is 29.5 Å². The van der Waals surface area contributed by atoms with Gasteiger partial charge in [-0.25, -0.2) is 4.98 Å². The highest BCUT2D eigenvalue weighted by Gasteiger charge is 2.31. The van der Waals surface area contributed by atoms with E-state index in [2.05, 4.69) is 10.3 Å². The predicted octanol–water partition coefficient (Wildman–Crippen LogP) is 2.81. The van der Waals surface area contributed by atoms with Crippen LogP contribution in [0.4, 0.5) is 5.69 Å². The summed E-state index contributed by atoms with van der Waals surface area (Å²) in [6, 6.07) is 5.32. The van der Waals surface area contributed by atoms with Crippen molar-refractivity contribution in [2.45, 2.75) is 12.8 Å². The van der Waals surface area contributed by atoms with Crippen LogP contribution in [0, 0.1) is 6.92 Å². The Kier molecular flexibility index (Phi) is 4.29. The van der Waals surface area contributed by atoms with Crippen LogP contribution < -0.4 is 19.5 Å². The van der Waals surface area contributed by atoms with Gasteiger partial charge in [-0.05, 0) is 19.1 Å². The molecule has 2 heterocycles. The first-order valence-corrected chi connectivity index (χ1v) is 7.63. The fourth-order valence-corrected chi connectivity index (χ4v) is 2.97. The molecule has 0 radical (unpaired) electrons. The number of carbonyl (C=O) groups excluding carboxylic acids is 1. The third kappa shape index (κ3) is 2.64. The summed E-state index contributed by atoms with van der Waals surface area (Å²) in [7, 11) is 4.73. The molecule has 0 amide bonds. The SMILES string of the molecule is COc1cc2c(cn1)C(C(=O)c1cc(OC)c(C)c(OC)c1)CN2. The maximum absolute atomic E-state index is 13.0. The summed E-state index contributed by atoms with van der Waals surface area (Å²) in [5, 5.41) is 3.24. The first-order chi connectivity index (χ1) is 11.6. The smallest absolute Gasteiger partial charge is 0.214 e. The molecule has 0 spiro atoms. The predicted molar refractivity (Wildman–Crippen MR) is 90.6 cm³/mol. The van der Waals surface area contributed by atoms with Crippen molar-refractivity contribution in [2.75, 3.05) is 33.2 Å². The number of nitrogens with one attached hydrogen (secondary N) is 1. The van der Waals surface area contributed by atoms with Crippen molar-refractivity contribution in [1.82, 2.24) is 4.98 Å². The van der Waals surface area contributed by atoms with E-state index in [1.54, 1.807) is 45.7 Å². The molecule has 6 heteroatoms. The van der Waals surface area contributed by atoms with Crippen molar-refractivity contribution in [3.8, 4) is 17.4 Å². The number of ether oxygens (including phenoxy) is 3. The maximum atomic E-state index is 13.0. The van der Waals surface area contributed by atoms with Crippen molar-refractivity contribution in [2.24, 2.45) is 0 Å². The molecular formula is C18H20N2O4. The Balaban J connectivity index is 1.97. The average Bonchev–Trinajstić information content (AvgIpc) is 3.04. The van der Waals surface area contributed by atoms with Gasteiger partial charge < -0.3 is 19.5 Å². The fraction of sp³-hybridized carbons (Fsp3) is 0.333. The summed E-state index contributed by atoms with van der Waals surface area (Å²) in [6.07, 6.45) is 1.69. The van der Waals surface area contributed by atoms with Crippen LogP contribution in [0.3, 0.4) is 0 Å². The first kappa shape index (κ1) is 16.1. The number of hydrogen-bond donors (Lipinski definition) is 1. The molecular weight excluding hydrogens is 308 g/mol. The number of anilines is 1. The molecule has 0 fully saturated rings. The minimum Gasteiger partial charge on any atom is -0.496 e. The molecule has 1 N–H and O–H groups in total. The summed E-state index contributed by atoms with van der Waals surface area (Å²) in [5.41, 5.74) is 3.18. The molecule has 0 saturated carbocycles. The second-order valence-corrected chi connectivity index (χ2v) is 5.62. The Morgan fingerprint density at radius 3 is 2.38 bits per heavy atom. The number of methoxy groups -OCH3 is 3. The van der Waals surface area contributed by atoms with Crippen molar-refractivity contribution in [1.29, 1.82) is 0 Å². The Morgan fingerprint density at radius 1 is 1.12 bits per heavy atom. The number of ketones is 1. The average molecular weight is 328 g/mol. The van der Waals surface area contributed by atoms with Crippen LogP contribution in [0.2, 0.25) is 0 Å². The lowest BCUT2D eigenvalue weighted by molar-refractivity contribution is 0.0965. The van der Waals surface area contributed by atoms with Crippen LogP contribution in [0.1, 0.15) is 27.4 Å². The van der Waals surface area contributed by atoms with Crippen LogP contribution in [-0.2, 0) is 0 Å². The van der Waals surface area contributed by atoms with Gasteiger partial charge in [0.2, 0.25) is 5.88 Å². The number of Topliss-reactive ketones (excluding diaryl/α,β-unsaturated/α-hetero) is 1. The van der Waals surface area contributed by atoms with Crippen LogP contribution in [0.25, 0.3) is 0 Å². The van der Waals surface area contributed by atoms with E-state index in [1.807, 2.05) is 6.92 Å². The highest BCUT2D eigenvalue weighted by Crippen LogP contribution is 2.37. The maximum Gasteiger partial charge on any atom is 0.214 e. The number of carbonyl (C=O) groups is 1. The number of fused-ring (bicyclic) bond motifs is 1. The molecule has 0 bridgehead atoms. The molecule has 24 heavy (non-hydrogen) atoms. The van der Waals surface area contributed by atoms with Gasteiger partial charge in [-0.1, -0.05) is 0 Å². The second kappa shape index (κ2) is 6.39. The molecule has 1 aromatic heterocycles. The monoisotopic (exact) mass is 328 g/mol. The largest absolute Gasteiger partial charge is 0.496 e. The molecule has 1 unspecified atom stereocenters. The first-order valence-electron chi connectivity index (χ1n) is 7.63. The van der Waals surface area contributed by atoms with E-state index in [9.17, 15) is 4.79 Å². The minimum absolute atomic E-state index is 0.00446. The van der Waals surface area contributed by atoms with Gasteiger partial charge in [-0.15, -0.1) is 0 Å². The summed E-state index contributed by atoms with van der Waals surface area (Å²) < 4.78 is 15.9. The van der Waals surface area contributed by atoms with Gasteiger partial charge in [0.15, 0.2) is 5.78 Å². The van der Waals surface area contributed by atoms with Gasteiger partial charge in [0.05, 0.1) is 27.2 Å². The summed E-state index contributed by atoms with van der Waals surface area (Å²) in [5.74, 6) is 1.50. The van der Waals surface area contributed by atoms with Crippen LogP contribution in [-0.4, -0.2) is 38.6 Å². The molecule has 3 rings (SSSR count). The minimum atomic E-state index is -0.296. The molecule has 6 nitrogen and oxygen atoms in total. The lowest BCUT2D eigenvalue weighted by atomic mass is 9.92. The molecule has 126 valence electrons. The quantitative estimate of drug-likeness (QED) is 0.851. The summed E-state index contributed by atoms with van der Waals surface area (Å²) in [4.78, 5) is 17.2. The number of nitrogens with zero attached hydrogens (tertiary/aromatic N) is 1. The molecule has 1 atom stereocenters. The Hall–Kier alpha value is -2.76. The Labute approximate surface area is 140 Å². The highest BCUT2D eigenvalue weighted by molar-refractivity contribution is 6.03. The Morgan fingerprint density at radius 2 is 1.79 bits per heavy atom. The Bertz CT molecular complexity index is 764. The van der Waals surface area contributed by atoms with Crippen LogP contribution in [0.15, 0.2) is 24.4 Å². The third-order valence-corrected chi connectivity index (χ3v) is 4.34. The van der Waals surface area contributed by atoms with Gasteiger partial charge in [-0.3, -0.25) is 4.79 Å². The second-order valence-electron chi connectivity index (χ2n) is 5.62. The van der Waals surface area contributed by atoms with Gasteiger partial charge in [-0.2, -0.15) is 0 Å². The molecule has 1 aromatic carbocycles. The lowest BCUT2D eigenvalue weighted by Crippen LogP contribution is -2.15. The van der Waals surface area contributed by atoms with Crippen LogP contribution in [0.5, 0.6) is 17.4 Å². The molecule has 0 aliphatic carbocycles. The van der Waals surface area contributed by atoms with Gasteiger partial charge in [0, 0.05) is 41.2 Å². The van der Waals surface area contributed by atoms with E-state index in [0.717, 1.165) is 16.8 Å². The third-order valence-electron chi connectivity index (χ3n) is 4.34. The zero-order chi connectivity index (χ0) is 17.3. The number of pyridine rings is 1. The normalized spacial score (nSPS) is 15.4. The van der Waals surface area contributed by atoms with Crippen molar-refractivity contribution in [3.05, 3.63) is 41.1 Å². The van der Waals surface area contributed by atoms with Crippen LogP contribution >= 0.6 is 0 Å². The molecule has 2 aromatic rings. The number of rotatable bonds is 5. The van der Waals surface area contributed by atoms with Gasteiger partial charge >= 0.3 is 0 Å². The zero-order valence-corrected chi connectivity index (χ0v) is 14.2. The summed E-state index contributed by atoms with van der Waals surface area (Å²) >= 11 is 0. The number of hydrogen-bond acceptors (Lipinski definition) is 6. The lowest BCUT2D eigenvalue weighted by Gasteiger charge is -2.14. The highest BCUT2D eigenvalue weighted by atomic mass is 16.5. The molecule has 0 saturated heterocycles. The van der Waals surface area contributed by atoms with Crippen molar-refractivity contribution in [3.63, 3.8) is 0 Å². The summed E-state index contributed by atoms with van der Waals surface area (Å²) in [6.45, 7) is 2.43. The molecule has 1 aliphatic rings. The standard InChI is InChI=1S/C18H20N2O4/c1-10-15(22-2)5-11(6-16(10)23-3)18(21)13-9-19-14-7-17(24-4)20-8-12(13)14/h5-8,13,19H,9H2,1-4H3. The van der Waals surface area contributed by atoms with Crippen molar-refractivity contribution < 1.29 is 19.0 Å². The van der Waals surface area contributed by atoms with E-state index >= 15 is 0 Å². The zero-order valence-electron chi connectivity index (χ0n) is 14.2. The van der Waals surface area contributed by atoms with E-state index in [1.165, 1.54) is 0 Å². The van der Waals surface area contributed by atoms with Gasteiger partial charge in [0.1, 0.15) is 11.5 Å².